The molecule has 0 saturated carbocycles. The fourth-order valence-corrected chi connectivity index (χ4v) is 1.26. The zero-order valence-electron chi connectivity index (χ0n) is 8.53. The number of hydrogen-bond acceptors (Lipinski definition) is 3. The SMILES string of the molecule is COc1ccc(F)c(C(C)CC(=O)O)n1. The number of halogens is 1. The Morgan fingerprint density at radius 3 is 2.87 bits per heavy atom. The van der Waals surface area contributed by atoms with Crippen LogP contribution in [0, 0.1) is 5.82 Å². The third-order valence-electron chi connectivity index (χ3n) is 2.00. The lowest BCUT2D eigenvalue weighted by Gasteiger charge is -2.10. The molecular weight excluding hydrogens is 201 g/mol. The number of aliphatic carboxylic acids is 1. The number of rotatable bonds is 4. The first kappa shape index (κ1) is 11.4. The molecule has 0 amide bonds. The lowest BCUT2D eigenvalue weighted by atomic mass is 10.0. The van der Waals surface area contributed by atoms with Gasteiger partial charge in [-0.25, -0.2) is 9.37 Å². The maximum atomic E-state index is 13.3. The first-order chi connectivity index (χ1) is 7.04. The molecule has 0 saturated heterocycles. The molecular formula is C10H12FNO3. The zero-order valence-corrected chi connectivity index (χ0v) is 8.53. The van der Waals surface area contributed by atoms with E-state index in [4.69, 9.17) is 9.84 Å². The van der Waals surface area contributed by atoms with Gasteiger partial charge in [-0.2, -0.15) is 0 Å². The number of carboxylic acid groups (broad SMARTS) is 1. The smallest absolute Gasteiger partial charge is 0.304 e. The van der Waals surface area contributed by atoms with Gasteiger partial charge in [0.2, 0.25) is 5.88 Å². The van der Waals surface area contributed by atoms with Crippen LogP contribution in [0.25, 0.3) is 0 Å². The van der Waals surface area contributed by atoms with E-state index in [2.05, 4.69) is 4.98 Å². The zero-order chi connectivity index (χ0) is 11.4. The minimum atomic E-state index is -0.980. The summed E-state index contributed by atoms with van der Waals surface area (Å²) in [4.78, 5) is 14.4. The van der Waals surface area contributed by atoms with E-state index in [0.717, 1.165) is 0 Å². The summed E-state index contributed by atoms with van der Waals surface area (Å²) < 4.78 is 18.1. The van der Waals surface area contributed by atoms with Gasteiger partial charge in [0.15, 0.2) is 0 Å². The van der Waals surface area contributed by atoms with Crippen molar-refractivity contribution < 1.29 is 19.0 Å². The maximum Gasteiger partial charge on any atom is 0.304 e. The van der Waals surface area contributed by atoms with E-state index >= 15 is 0 Å². The fraction of sp³-hybridized carbons (Fsp3) is 0.400. The normalized spacial score (nSPS) is 12.2. The number of methoxy groups -OCH3 is 1. The number of hydrogen-bond donors (Lipinski definition) is 1. The standard InChI is InChI=1S/C10H12FNO3/c1-6(5-9(13)14)10-7(11)3-4-8(12-10)15-2/h3-4,6H,5H2,1-2H3,(H,13,14). The molecule has 0 aliphatic carbocycles. The second-order valence-electron chi connectivity index (χ2n) is 3.22. The number of carboxylic acids is 1. The molecule has 0 bridgehead atoms. The van der Waals surface area contributed by atoms with Gasteiger partial charge in [0.25, 0.3) is 0 Å². The molecule has 1 rings (SSSR count). The number of ether oxygens (including phenoxy) is 1. The molecule has 1 N–H and O–H groups in total. The minimum absolute atomic E-state index is 0.122. The Balaban J connectivity index is 2.95. The van der Waals surface area contributed by atoms with Crippen molar-refractivity contribution in [1.29, 1.82) is 0 Å². The molecule has 1 aromatic rings. The van der Waals surface area contributed by atoms with Gasteiger partial charge in [-0.15, -0.1) is 0 Å². The third-order valence-corrected chi connectivity index (χ3v) is 2.00. The monoisotopic (exact) mass is 213 g/mol. The summed E-state index contributed by atoms with van der Waals surface area (Å²) in [6, 6.07) is 2.62. The molecule has 5 heteroatoms. The van der Waals surface area contributed by atoms with Gasteiger partial charge < -0.3 is 9.84 Å². The van der Waals surface area contributed by atoms with Crippen LogP contribution in [-0.2, 0) is 4.79 Å². The van der Waals surface area contributed by atoms with Crippen molar-refractivity contribution >= 4 is 5.97 Å². The Morgan fingerprint density at radius 2 is 2.33 bits per heavy atom. The van der Waals surface area contributed by atoms with Gasteiger partial charge in [-0.05, 0) is 6.07 Å². The molecule has 0 aliphatic rings. The Bertz CT molecular complexity index is 368. The summed E-state index contributed by atoms with van der Waals surface area (Å²) in [5.41, 5.74) is 0.122. The van der Waals surface area contributed by atoms with Crippen LogP contribution in [0.15, 0.2) is 12.1 Å². The maximum absolute atomic E-state index is 13.3. The van der Waals surface area contributed by atoms with E-state index < -0.39 is 17.7 Å². The van der Waals surface area contributed by atoms with E-state index in [1.165, 1.54) is 19.2 Å². The summed E-state index contributed by atoms with van der Waals surface area (Å²) in [6.45, 7) is 1.61. The van der Waals surface area contributed by atoms with Gasteiger partial charge in [-0.3, -0.25) is 4.79 Å². The topological polar surface area (TPSA) is 59.4 Å². The van der Waals surface area contributed by atoms with E-state index in [9.17, 15) is 9.18 Å². The average molecular weight is 213 g/mol. The highest BCUT2D eigenvalue weighted by atomic mass is 19.1. The van der Waals surface area contributed by atoms with Crippen molar-refractivity contribution in [3.63, 3.8) is 0 Å². The lowest BCUT2D eigenvalue weighted by molar-refractivity contribution is -0.137. The van der Waals surface area contributed by atoms with Crippen LogP contribution in [0.4, 0.5) is 4.39 Å². The second kappa shape index (κ2) is 4.72. The molecule has 82 valence electrons. The number of nitrogens with zero attached hydrogens (tertiary/aromatic N) is 1. The summed E-state index contributed by atoms with van der Waals surface area (Å²) in [5, 5.41) is 8.58. The molecule has 4 nitrogen and oxygen atoms in total. The molecule has 1 aromatic heterocycles. The van der Waals surface area contributed by atoms with Crippen LogP contribution >= 0.6 is 0 Å². The van der Waals surface area contributed by atoms with Gasteiger partial charge in [0, 0.05) is 12.0 Å². The van der Waals surface area contributed by atoms with E-state index in [0.29, 0.717) is 0 Å². The van der Waals surface area contributed by atoms with Crippen LogP contribution in [0.2, 0.25) is 0 Å². The third kappa shape index (κ3) is 2.90. The van der Waals surface area contributed by atoms with Gasteiger partial charge in [0.1, 0.15) is 5.82 Å². The molecule has 1 atom stereocenters. The highest BCUT2D eigenvalue weighted by Crippen LogP contribution is 2.22. The molecule has 0 aliphatic heterocycles. The molecule has 0 spiro atoms. The summed E-state index contributed by atoms with van der Waals surface area (Å²) in [7, 11) is 1.42. The van der Waals surface area contributed by atoms with Gasteiger partial charge >= 0.3 is 5.97 Å². The van der Waals surface area contributed by atoms with Crippen LogP contribution in [-0.4, -0.2) is 23.2 Å². The molecule has 15 heavy (non-hydrogen) atoms. The minimum Gasteiger partial charge on any atom is -0.481 e. The Morgan fingerprint density at radius 1 is 1.67 bits per heavy atom. The average Bonchev–Trinajstić information content (AvgIpc) is 2.17. The Labute approximate surface area is 86.7 Å². The fourth-order valence-electron chi connectivity index (χ4n) is 1.26. The van der Waals surface area contributed by atoms with E-state index in [1.54, 1.807) is 6.92 Å². The van der Waals surface area contributed by atoms with Crippen molar-refractivity contribution in [3.05, 3.63) is 23.6 Å². The highest BCUT2D eigenvalue weighted by molar-refractivity contribution is 5.67. The molecule has 1 heterocycles. The Hall–Kier alpha value is -1.65. The van der Waals surface area contributed by atoms with Crippen molar-refractivity contribution in [1.82, 2.24) is 4.98 Å². The van der Waals surface area contributed by atoms with E-state index in [1.807, 2.05) is 0 Å². The predicted molar refractivity (Wildman–Crippen MR) is 51.4 cm³/mol. The molecule has 1 unspecified atom stereocenters. The predicted octanol–water partition coefficient (Wildman–Crippen LogP) is 1.81. The van der Waals surface area contributed by atoms with Crippen LogP contribution in [0.3, 0.4) is 0 Å². The van der Waals surface area contributed by atoms with Gasteiger partial charge in [-0.1, -0.05) is 6.92 Å². The van der Waals surface area contributed by atoms with Gasteiger partial charge in [0.05, 0.1) is 19.2 Å². The molecule has 0 aromatic carbocycles. The van der Waals surface area contributed by atoms with Crippen LogP contribution in [0.5, 0.6) is 5.88 Å². The van der Waals surface area contributed by atoms with E-state index in [-0.39, 0.29) is 18.0 Å². The number of pyridine rings is 1. The summed E-state index contributed by atoms with van der Waals surface area (Å²) in [6.07, 6.45) is -0.156. The quantitative estimate of drug-likeness (QED) is 0.828. The van der Waals surface area contributed by atoms with Crippen molar-refractivity contribution in [3.8, 4) is 5.88 Å². The summed E-state index contributed by atoms with van der Waals surface area (Å²) in [5.74, 6) is -1.68. The van der Waals surface area contributed by atoms with Crippen LogP contribution < -0.4 is 4.74 Å². The Kier molecular flexibility index (Phi) is 3.60. The number of aromatic nitrogens is 1. The number of carbonyl (C=O) groups is 1. The summed E-state index contributed by atoms with van der Waals surface area (Å²) >= 11 is 0. The highest BCUT2D eigenvalue weighted by Gasteiger charge is 2.16. The lowest BCUT2D eigenvalue weighted by Crippen LogP contribution is -2.07. The molecule has 0 radical (unpaired) electrons. The van der Waals surface area contributed by atoms with Crippen molar-refractivity contribution in [2.45, 2.75) is 19.3 Å². The largest absolute Gasteiger partial charge is 0.481 e. The van der Waals surface area contributed by atoms with Crippen molar-refractivity contribution in [2.75, 3.05) is 7.11 Å². The van der Waals surface area contributed by atoms with Crippen LogP contribution in [0.1, 0.15) is 25.0 Å². The van der Waals surface area contributed by atoms with Crippen molar-refractivity contribution in [2.24, 2.45) is 0 Å². The first-order valence-corrected chi connectivity index (χ1v) is 4.46. The first-order valence-electron chi connectivity index (χ1n) is 4.46. The molecule has 0 fully saturated rings. The second-order valence-corrected chi connectivity index (χ2v) is 3.22.